The van der Waals surface area contributed by atoms with Crippen molar-refractivity contribution < 1.29 is 9.59 Å². The highest BCUT2D eigenvalue weighted by atomic mass is 35.5. The average Bonchev–Trinajstić information content (AvgIpc) is 2.45. The Hall–Kier alpha value is -2.53. The van der Waals surface area contributed by atoms with Gasteiger partial charge in [-0.1, -0.05) is 29.8 Å². The molecule has 2 aromatic carbocycles. The fourth-order valence-corrected chi connectivity index (χ4v) is 1.92. The Morgan fingerprint density at radius 2 is 1.81 bits per heavy atom. The van der Waals surface area contributed by atoms with Gasteiger partial charge in [-0.3, -0.25) is 4.79 Å². The lowest BCUT2D eigenvalue weighted by atomic mass is 10.1. The van der Waals surface area contributed by atoms with E-state index in [1.54, 1.807) is 48.5 Å². The fourth-order valence-electron chi connectivity index (χ4n) is 1.73. The van der Waals surface area contributed by atoms with Gasteiger partial charge in [-0.05, 0) is 35.9 Å². The molecule has 0 aliphatic heterocycles. The molecule has 0 unspecified atom stereocenters. The first-order chi connectivity index (χ1) is 10.0. The standard InChI is InChI=1S/C15H14ClN3O2/c16-12-2-1-3-13(8-12)19-14(20)11-6-4-10(5-7-11)9-18-15(17)21/h1-8H,9H2,(H,19,20)(H3,17,18,21). The maximum Gasteiger partial charge on any atom is 0.312 e. The van der Waals surface area contributed by atoms with Gasteiger partial charge in [0.05, 0.1) is 0 Å². The molecule has 0 aliphatic carbocycles. The maximum atomic E-state index is 12.1. The molecule has 0 aromatic heterocycles. The molecule has 0 heterocycles. The van der Waals surface area contributed by atoms with Gasteiger partial charge in [-0.25, -0.2) is 4.79 Å². The van der Waals surface area contributed by atoms with Crippen molar-refractivity contribution in [3.8, 4) is 0 Å². The Kier molecular flexibility index (Phi) is 4.79. The van der Waals surface area contributed by atoms with Crippen LogP contribution in [0.5, 0.6) is 0 Å². The van der Waals surface area contributed by atoms with Crippen molar-refractivity contribution in [2.75, 3.05) is 5.32 Å². The lowest BCUT2D eigenvalue weighted by molar-refractivity contribution is 0.102. The van der Waals surface area contributed by atoms with Crippen molar-refractivity contribution in [2.45, 2.75) is 6.54 Å². The molecule has 0 saturated carbocycles. The predicted octanol–water partition coefficient (Wildman–Crippen LogP) is 2.76. The number of nitrogens with one attached hydrogen (secondary N) is 2. The van der Waals surface area contributed by atoms with Gasteiger partial charge in [0.1, 0.15) is 0 Å². The van der Waals surface area contributed by atoms with Gasteiger partial charge >= 0.3 is 6.03 Å². The summed E-state index contributed by atoms with van der Waals surface area (Å²) in [7, 11) is 0. The summed E-state index contributed by atoms with van der Waals surface area (Å²) >= 11 is 5.86. The first kappa shape index (κ1) is 14.9. The molecule has 2 aromatic rings. The second-order valence-corrected chi connectivity index (χ2v) is 4.82. The smallest absolute Gasteiger partial charge is 0.312 e. The lowest BCUT2D eigenvalue weighted by Gasteiger charge is -2.07. The third-order valence-electron chi connectivity index (χ3n) is 2.77. The summed E-state index contributed by atoms with van der Waals surface area (Å²) in [6.07, 6.45) is 0. The van der Waals surface area contributed by atoms with Gasteiger partial charge in [0, 0.05) is 22.8 Å². The first-order valence-electron chi connectivity index (χ1n) is 6.24. The molecule has 2 rings (SSSR count). The monoisotopic (exact) mass is 303 g/mol. The van der Waals surface area contributed by atoms with Crippen LogP contribution in [0.2, 0.25) is 5.02 Å². The van der Waals surface area contributed by atoms with E-state index >= 15 is 0 Å². The molecule has 0 radical (unpaired) electrons. The van der Waals surface area contributed by atoms with E-state index in [0.29, 0.717) is 22.8 Å². The number of rotatable bonds is 4. The van der Waals surface area contributed by atoms with Crippen LogP contribution in [-0.4, -0.2) is 11.9 Å². The number of nitrogens with two attached hydrogens (primary N) is 1. The third-order valence-corrected chi connectivity index (χ3v) is 3.00. The average molecular weight is 304 g/mol. The quantitative estimate of drug-likeness (QED) is 0.811. The summed E-state index contributed by atoms with van der Waals surface area (Å²) in [6, 6.07) is 13.2. The van der Waals surface area contributed by atoms with Crippen LogP contribution in [-0.2, 0) is 6.54 Å². The summed E-state index contributed by atoms with van der Waals surface area (Å²) in [6.45, 7) is 0.325. The third kappa shape index (κ3) is 4.50. The molecular formula is C15H14ClN3O2. The van der Waals surface area contributed by atoms with Crippen molar-refractivity contribution >= 4 is 29.2 Å². The van der Waals surface area contributed by atoms with Crippen molar-refractivity contribution in [3.05, 3.63) is 64.7 Å². The van der Waals surface area contributed by atoms with E-state index in [-0.39, 0.29) is 5.91 Å². The molecular weight excluding hydrogens is 290 g/mol. The minimum atomic E-state index is -0.585. The van der Waals surface area contributed by atoms with Crippen LogP contribution in [0.3, 0.4) is 0 Å². The minimum Gasteiger partial charge on any atom is -0.352 e. The topological polar surface area (TPSA) is 84.2 Å². The Bertz CT molecular complexity index is 656. The highest BCUT2D eigenvalue weighted by molar-refractivity contribution is 6.30. The summed E-state index contributed by atoms with van der Waals surface area (Å²) in [5.74, 6) is -0.230. The van der Waals surface area contributed by atoms with Crippen LogP contribution in [0.25, 0.3) is 0 Å². The molecule has 0 aliphatic rings. The van der Waals surface area contributed by atoms with E-state index in [1.807, 2.05) is 0 Å². The zero-order valence-electron chi connectivity index (χ0n) is 11.1. The summed E-state index contributed by atoms with van der Waals surface area (Å²) in [5, 5.41) is 5.79. The van der Waals surface area contributed by atoms with Crippen LogP contribution < -0.4 is 16.4 Å². The Labute approximate surface area is 127 Å². The Morgan fingerprint density at radius 3 is 2.43 bits per heavy atom. The van der Waals surface area contributed by atoms with Gasteiger partial charge in [0.15, 0.2) is 0 Å². The molecule has 108 valence electrons. The molecule has 0 bridgehead atoms. The van der Waals surface area contributed by atoms with Crippen LogP contribution in [0, 0.1) is 0 Å². The highest BCUT2D eigenvalue weighted by Gasteiger charge is 2.06. The van der Waals surface area contributed by atoms with Crippen molar-refractivity contribution in [1.82, 2.24) is 5.32 Å². The van der Waals surface area contributed by atoms with E-state index in [4.69, 9.17) is 17.3 Å². The normalized spacial score (nSPS) is 9.95. The molecule has 21 heavy (non-hydrogen) atoms. The number of anilines is 1. The molecule has 0 fully saturated rings. The molecule has 3 amide bonds. The molecule has 0 spiro atoms. The first-order valence-corrected chi connectivity index (χ1v) is 6.61. The van der Waals surface area contributed by atoms with Crippen molar-refractivity contribution in [1.29, 1.82) is 0 Å². The van der Waals surface area contributed by atoms with Gasteiger partial charge in [-0.15, -0.1) is 0 Å². The molecule has 0 atom stereocenters. The lowest BCUT2D eigenvalue weighted by Crippen LogP contribution is -2.28. The number of hydrogen-bond donors (Lipinski definition) is 3. The Morgan fingerprint density at radius 1 is 1.10 bits per heavy atom. The number of benzene rings is 2. The van der Waals surface area contributed by atoms with Crippen molar-refractivity contribution in [3.63, 3.8) is 0 Å². The van der Waals surface area contributed by atoms with Gasteiger partial charge in [0.2, 0.25) is 0 Å². The summed E-state index contributed by atoms with van der Waals surface area (Å²) in [5.41, 5.74) is 6.99. The maximum absolute atomic E-state index is 12.1. The van der Waals surface area contributed by atoms with E-state index in [1.165, 1.54) is 0 Å². The number of carbonyl (C=O) groups is 2. The number of carbonyl (C=O) groups excluding carboxylic acids is 2. The number of primary amides is 1. The fraction of sp³-hybridized carbons (Fsp3) is 0.0667. The Balaban J connectivity index is 2.01. The van der Waals surface area contributed by atoms with Gasteiger partial charge < -0.3 is 16.4 Å². The minimum absolute atomic E-state index is 0.230. The van der Waals surface area contributed by atoms with Crippen LogP contribution in [0.4, 0.5) is 10.5 Å². The molecule has 5 nitrogen and oxygen atoms in total. The number of amides is 3. The number of urea groups is 1. The SMILES string of the molecule is NC(=O)NCc1ccc(C(=O)Nc2cccc(Cl)c2)cc1. The zero-order chi connectivity index (χ0) is 15.2. The van der Waals surface area contributed by atoms with Crippen molar-refractivity contribution in [2.24, 2.45) is 5.73 Å². The van der Waals surface area contributed by atoms with E-state index in [2.05, 4.69) is 10.6 Å². The summed E-state index contributed by atoms with van der Waals surface area (Å²) in [4.78, 5) is 22.7. The second-order valence-electron chi connectivity index (χ2n) is 4.38. The zero-order valence-corrected chi connectivity index (χ0v) is 11.9. The van der Waals surface area contributed by atoms with E-state index < -0.39 is 6.03 Å². The molecule has 4 N–H and O–H groups in total. The molecule has 6 heteroatoms. The van der Waals surface area contributed by atoms with Gasteiger partial charge in [0.25, 0.3) is 5.91 Å². The predicted molar refractivity (Wildman–Crippen MR) is 82.3 cm³/mol. The number of halogens is 1. The highest BCUT2D eigenvalue weighted by Crippen LogP contribution is 2.16. The largest absolute Gasteiger partial charge is 0.352 e. The number of hydrogen-bond acceptors (Lipinski definition) is 2. The van der Waals surface area contributed by atoms with Crippen LogP contribution in [0.1, 0.15) is 15.9 Å². The second kappa shape index (κ2) is 6.76. The van der Waals surface area contributed by atoms with Gasteiger partial charge in [-0.2, -0.15) is 0 Å². The summed E-state index contributed by atoms with van der Waals surface area (Å²) < 4.78 is 0. The van der Waals surface area contributed by atoms with E-state index in [9.17, 15) is 9.59 Å². The van der Waals surface area contributed by atoms with E-state index in [0.717, 1.165) is 5.56 Å². The molecule has 0 saturated heterocycles. The van der Waals surface area contributed by atoms with Crippen LogP contribution >= 0.6 is 11.6 Å². The van der Waals surface area contributed by atoms with Crippen LogP contribution in [0.15, 0.2) is 48.5 Å².